The van der Waals surface area contributed by atoms with Crippen molar-refractivity contribution in [3.05, 3.63) is 56.7 Å². The predicted molar refractivity (Wildman–Crippen MR) is 83.4 cm³/mol. The smallest absolute Gasteiger partial charge is 0.256 e. The first kappa shape index (κ1) is 14.6. The maximum Gasteiger partial charge on any atom is 0.256 e. The molecule has 19 heavy (non-hydrogen) atoms. The molecular weight excluding hydrogens is 397 g/mol. The van der Waals surface area contributed by atoms with Gasteiger partial charge in [-0.05, 0) is 36.4 Å². The molecule has 0 aliphatic heterocycles. The van der Waals surface area contributed by atoms with E-state index in [0.29, 0.717) is 14.9 Å². The van der Waals surface area contributed by atoms with Gasteiger partial charge in [0.05, 0.1) is 11.3 Å². The van der Waals surface area contributed by atoms with E-state index < -0.39 is 11.7 Å². The number of halogens is 3. The lowest BCUT2D eigenvalue weighted by atomic mass is 10.2. The van der Waals surface area contributed by atoms with Gasteiger partial charge in [-0.25, -0.2) is 4.39 Å². The van der Waals surface area contributed by atoms with E-state index in [1.54, 1.807) is 24.3 Å². The third-order valence-corrected chi connectivity index (χ3v) is 3.74. The Morgan fingerprint density at radius 1 is 1.11 bits per heavy atom. The number of amides is 1. The second-order valence-electron chi connectivity index (χ2n) is 3.74. The van der Waals surface area contributed by atoms with Crippen LogP contribution in [-0.2, 0) is 0 Å². The fourth-order valence-corrected chi connectivity index (χ4v) is 2.66. The molecule has 6 heteroatoms. The Labute approximate surface area is 132 Å². The summed E-state index contributed by atoms with van der Waals surface area (Å²) in [5.74, 6) is -0.903. The average molecular weight is 405 g/mol. The maximum absolute atomic E-state index is 13.6. The predicted octanol–water partition coefficient (Wildman–Crippen LogP) is 4.89. The zero-order valence-electron chi connectivity index (χ0n) is 9.45. The number of carbonyl (C=O) groups is 1. The molecule has 0 saturated carbocycles. The summed E-state index contributed by atoms with van der Waals surface area (Å²) in [7, 11) is 0. The number of hydrogen-bond donors (Lipinski definition) is 2. The normalized spacial score (nSPS) is 10.3. The Balaban J connectivity index is 2.25. The number of carbonyl (C=O) groups excluding carboxylic acids is 1. The van der Waals surface area contributed by atoms with Crippen molar-refractivity contribution in [3.8, 4) is 0 Å². The first-order valence-corrected chi connectivity index (χ1v) is 7.25. The topological polar surface area (TPSA) is 29.1 Å². The fraction of sp³-hybridized carbons (Fsp3) is 0. The van der Waals surface area contributed by atoms with Crippen molar-refractivity contribution in [2.75, 3.05) is 5.32 Å². The number of rotatable bonds is 2. The molecule has 0 heterocycles. The highest BCUT2D eigenvalue weighted by Crippen LogP contribution is 2.23. The van der Waals surface area contributed by atoms with Crippen molar-refractivity contribution in [2.45, 2.75) is 4.90 Å². The molecule has 0 saturated heterocycles. The van der Waals surface area contributed by atoms with Crippen molar-refractivity contribution >= 4 is 56.1 Å². The molecule has 0 fully saturated rings. The molecular formula is C13H8Br2FNOS. The Kier molecular flexibility index (Phi) is 4.65. The fourth-order valence-electron chi connectivity index (χ4n) is 1.48. The summed E-state index contributed by atoms with van der Waals surface area (Å²) in [6.45, 7) is 0. The van der Waals surface area contributed by atoms with Crippen LogP contribution in [0.5, 0.6) is 0 Å². The third-order valence-electron chi connectivity index (χ3n) is 2.38. The zero-order chi connectivity index (χ0) is 14.0. The second-order valence-corrected chi connectivity index (χ2v) is 6.05. The minimum Gasteiger partial charge on any atom is -0.319 e. The number of nitrogens with one attached hydrogen (secondary N) is 1. The number of benzene rings is 2. The van der Waals surface area contributed by atoms with Crippen LogP contribution < -0.4 is 5.32 Å². The van der Waals surface area contributed by atoms with Crippen molar-refractivity contribution in [2.24, 2.45) is 0 Å². The van der Waals surface area contributed by atoms with Gasteiger partial charge in [0, 0.05) is 13.8 Å². The van der Waals surface area contributed by atoms with Gasteiger partial charge < -0.3 is 5.32 Å². The van der Waals surface area contributed by atoms with Gasteiger partial charge in [0.15, 0.2) is 0 Å². The summed E-state index contributed by atoms with van der Waals surface area (Å²) in [5, 5.41) is 2.52. The zero-order valence-corrected chi connectivity index (χ0v) is 13.5. The van der Waals surface area contributed by atoms with Gasteiger partial charge in [-0.3, -0.25) is 4.79 Å². The molecule has 2 aromatic rings. The summed E-state index contributed by atoms with van der Waals surface area (Å²) < 4.78 is 15.1. The van der Waals surface area contributed by atoms with Crippen molar-refractivity contribution in [1.82, 2.24) is 0 Å². The van der Waals surface area contributed by atoms with E-state index in [2.05, 4.69) is 49.8 Å². The van der Waals surface area contributed by atoms with Crippen LogP contribution in [0, 0.1) is 5.82 Å². The number of thiol groups is 1. The van der Waals surface area contributed by atoms with Crippen molar-refractivity contribution in [1.29, 1.82) is 0 Å². The van der Waals surface area contributed by atoms with Gasteiger partial charge in [-0.2, -0.15) is 0 Å². The first-order valence-electron chi connectivity index (χ1n) is 5.22. The lowest BCUT2D eigenvalue weighted by Crippen LogP contribution is -2.13. The molecule has 0 aliphatic carbocycles. The molecule has 2 aromatic carbocycles. The summed E-state index contributed by atoms with van der Waals surface area (Å²) >= 11 is 10.7. The Morgan fingerprint density at radius 3 is 2.37 bits per heavy atom. The van der Waals surface area contributed by atoms with E-state index in [1.807, 2.05) is 0 Å². The van der Waals surface area contributed by atoms with Crippen LogP contribution in [0.3, 0.4) is 0 Å². The Bertz CT molecular complexity index is 649. The molecule has 0 unspecified atom stereocenters. The van der Waals surface area contributed by atoms with E-state index in [4.69, 9.17) is 0 Å². The van der Waals surface area contributed by atoms with Gasteiger partial charge in [-0.1, -0.05) is 31.9 Å². The minimum absolute atomic E-state index is 0.129. The van der Waals surface area contributed by atoms with Crippen LogP contribution in [0.1, 0.15) is 10.4 Å². The SMILES string of the molecule is O=C(Nc1ccc(Br)cc1F)c1ccc(Br)cc1S. The van der Waals surface area contributed by atoms with Crippen molar-refractivity contribution < 1.29 is 9.18 Å². The van der Waals surface area contributed by atoms with Crippen LogP contribution in [-0.4, -0.2) is 5.91 Å². The highest BCUT2D eigenvalue weighted by molar-refractivity contribution is 9.10. The quantitative estimate of drug-likeness (QED) is 0.685. The summed E-state index contributed by atoms with van der Waals surface area (Å²) in [4.78, 5) is 12.5. The largest absolute Gasteiger partial charge is 0.319 e. The molecule has 2 nitrogen and oxygen atoms in total. The second kappa shape index (κ2) is 6.07. The maximum atomic E-state index is 13.6. The van der Waals surface area contributed by atoms with Crippen LogP contribution in [0.2, 0.25) is 0 Å². The Hall–Kier alpha value is -0.850. The third kappa shape index (κ3) is 3.58. The molecule has 0 atom stereocenters. The highest BCUT2D eigenvalue weighted by atomic mass is 79.9. The first-order chi connectivity index (χ1) is 8.97. The lowest BCUT2D eigenvalue weighted by molar-refractivity contribution is 0.102. The van der Waals surface area contributed by atoms with Crippen LogP contribution >= 0.6 is 44.5 Å². The van der Waals surface area contributed by atoms with E-state index >= 15 is 0 Å². The van der Waals surface area contributed by atoms with E-state index in [1.165, 1.54) is 12.1 Å². The Morgan fingerprint density at radius 2 is 1.74 bits per heavy atom. The average Bonchev–Trinajstić information content (AvgIpc) is 2.32. The summed E-state index contributed by atoms with van der Waals surface area (Å²) in [5.41, 5.74) is 0.512. The highest BCUT2D eigenvalue weighted by Gasteiger charge is 2.12. The molecule has 2 rings (SSSR count). The summed E-state index contributed by atoms with van der Waals surface area (Å²) in [6.07, 6.45) is 0. The van der Waals surface area contributed by atoms with E-state index in [-0.39, 0.29) is 5.69 Å². The number of anilines is 1. The molecule has 0 radical (unpaired) electrons. The molecule has 1 amide bonds. The van der Waals surface area contributed by atoms with Gasteiger partial charge in [0.25, 0.3) is 5.91 Å². The lowest BCUT2D eigenvalue weighted by Gasteiger charge is -2.08. The van der Waals surface area contributed by atoms with Crippen LogP contribution in [0.15, 0.2) is 50.2 Å². The monoisotopic (exact) mass is 403 g/mol. The molecule has 1 N–H and O–H groups in total. The molecule has 0 spiro atoms. The van der Waals surface area contributed by atoms with Gasteiger partial charge in [-0.15, -0.1) is 12.6 Å². The van der Waals surface area contributed by atoms with Crippen molar-refractivity contribution in [3.63, 3.8) is 0 Å². The van der Waals surface area contributed by atoms with Gasteiger partial charge in [0.1, 0.15) is 5.82 Å². The molecule has 98 valence electrons. The minimum atomic E-state index is -0.499. The van der Waals surface area contributed by atoms with Crippen LogP contribution in [0.4, 0.5) is 10.1 Å². The van der Waals surface area contributed by atoms with Crippen LogP contribution in [0.25, 0.3) is 0 Å². The van der Waals surface area contributed by atoms with E-state index in [0.717, 1.165) is 4.47 Å². The summed E-state index contributed by atoms with van der Waals surface area (Å²) in [6, 6.07) is 9.50. The molecule has 0 aliphatic rings. The van der Waals surface area contributed by atoms with Gasteiger partial charge >= 0.3 is 0 Å². The number of hydrogen-bond acceptors (Lipinski definition) is 2. The van der Waals surface area contributed by atoms with Gasteiger partial charge in [0.2, 0.25) is 0 Å². The standard InChI is InChI=1S/C13H8Br2FNOS/c14-7-2-4-11(10(16)5-7)17-13(18)9-3-1-8(15)6-12(9)19/h1-6,19H,(H,17,18). The molecule has 0 aromatic heterocycles. The van der Waals surface area contributed by atoms with E-state index in [9.17, 15) is 9.18 Å². The molecule has 0 bridgehead atoms.